The number of hydrogen-bond donors (Lipinski definition) is 0. The van der Waals surface area contributed by atoms with Crippen LogP contribution in [0.1, 0.15) is 26.2 Å². The van der Waals surface area contributed by atoms with E-state index >= 15 is 0 Å². The van der Waals surface area contributed by atoms with Gasteiger partial charge in [-0.1, -0.05) is 0 Å². The zero-order valence-corrected chi connectivity index (χ0v) is 10.4. The molecule has 96 valence electrons. The van der Waals surface area contributed by atoms with E-state index in [1.54, 1.807) is 18.9 Å². The first kappa shape index (κ1) is 12.4. The Kier molecular flexibility index (Phi) is 3.38. The lowest BCUT2D eigenvalue weighted by atomic mass is 9.65. The van der Waals surface area contributed by atoms with E-state index in [1.165, 1.54) is 0 Å². The number of methoxy groups -OCH3 is 1. The molecular weight excluding hydrogens is 222 g/mol. The lowest BCUT2D eigenvalue weighted by Crippen LogP contribution is -2.48. The SMILES string of the molecule is CCOC(=O)CN1CCC2(CC(OC)C2)C1=O. The number of ether oxygens (including phenoxy) is 2. The van der Waals surface area contributed by atoms with Crippen molar-refractivity contribution in [2.45, 2.75) is 32.3 Å². The van der Waals surface area contributed by atoms with Gasteiger partial charge in [0.05, 0.1) is 18.1 Å². The number of likely N-dealkylation sites (tertiary alicyclic amines) is 1. The number of amides is 1. The molecule has 0 radical (unpaired) electrons. The molecule has 5 heteroatoms. The van der Waals surface area contributed by atoms with Gasteiger partial charge in [0.25, 0.3) is 0 Å². The second-order valence-electron chi connectivity index (χ2n) is 4.83. The average Bonchev–Trinajstić information content (AvgIpc) is 2.55. The Morgan fingerprint density at radius 3 is 2.82 bits per heavy atom. The summed E-state index contributed by atoms with van der Waals surface area (Å²) in [5, 5.41) is 0. The highest BCUT2D eigenvalue weighted by Crippen LogP contribution is 2.50. The van der Waals surface area contributed by atoms with Crippen LogP contribution < -0.4 is 0 Å². The maximum atomic E-state index is 12.2. The lowest BCUT2D eigenvalue weighted by Gasteiger charge is -2.42. The van der Waals surface area contributed by atoms with Crippen molar-refractivity contribution < 1.29 is 19.1 Å². The van der Waals surface area contributed by atoms with Gasteiger partial charge in [-0.05, 0) is 26.2 Å². The summed E-state index contributed by atoms with van der Waals surface area (Å²) in [6.07, 6.45) is 2.63. The molecule has 5 nitrogen and oxygen atoms in total. The molecule has 1 heterocycles. The molecule has 1 aliphatic heterocycles. The first-order valence-electron chi connectivity index (χ1n) is 6.09. The minimum atomic E-state index is -0.319. The van der Waals surface area contributed by atoms with Gasteiger partial charge in [0.15, 0.2) is 0 Å². The van der Waals surface area contributed by atoms with E-state index < -0.39 is 0 Å². The average molecular weight is 241 g/mol. The predicted molar refractivity (Wildman–Crippen MR) is 60.3 cm³/mol. The highest BCUT2D eigenvalue weighted by Gasteiger charge is 2.55. The molecule has 0 aromatic carbocycles. The summed E-state index contributed by atoms with van der Waals surface area (Å²) in [5.41, 5.74) is -0.243. The Hall–Kier alpha value is -1.10. The molecule has 1 saturated carbocycles. The van der Waals surface area contributed by atoms with E-state index in [0.717, 1.165) is 19.3 Å². The minimum absolute atomic E-state index is 0.0894. The van der Waals surface area contributed by atoms with E-state index in [1.807, 2.05) is 0 Å². The molecule has 17 heavy (non-hydrogen) atoms. The minimum Gasteiger partial charge on any atom is -0.465 e. The monoisotopic (exact) mass is 241 g/mol. The number of rotatable bonds is 4. The van der Waals surface area contributed by atoms with Crippen molar-refractivity contribution in [3.8, 4) is 0 Å². The van der Waals surface area contributed by atoms with Gasteiger partial charge < -0.3 is 14.4 Å². The largest absolute Gasteiger partial charge is 0.465 e. The quantitative estimate of drug-likeness (QED) is 0.675. The van der Waals surface area contributed by atoms with Gasteiger partial charge in [-0.2, -0.15) is 0 Å². The van der Waals surface area contributed by atoms with Gasteiger partial charge in [0.2, 0.25) is 5.91 Å². The first-order chi connectivity index (χ1) is 8.11. The number of esters is 1. The smallest absolute Gasteiger partial charge is 0.325 e. The van der Waals surface area contributed by atoms with Crippen LogP contribution in [0.15, 0.2) is 0 Å². The van der Waals surface area contributed by atoms with Crippen LogP contribution >= 0.6 is 0 Å². The predicted octanol–water partition coefficient (Wildman–Crippen LogP) is 0.577. The first-order valence-corrected chi connectivity index (χ1v) is 6.09. The summed E-state index contributed by atoms with van der Waals surface area (Å²) >= 11 is 0. The maximum absolute atomic E-state index is 12.2. The zero-order chi connectivity index (χ0) is 12.5. The van der Waals surface area contributed by atoms with Crippen molar-refractivity contribution in [3.05, 3.63) is 0 Å². The van der Waals surface area contributed by atoms with Crippen molar-refractivity contribution in [2.24, 2.45) is 5.41 Å². The number of hydrogen-bond acceptors (Lipinski definition) is 4. The van der Waals surface area contributed by atoms with E-state index in [0.29, 0.717) is 13.2 Å². The Morgan fingerprint density at radius 2 is 2.24 bits per heavy atom. The molecule has 0 aromatic heterocycles. The second-order valence-corrected chi connectivity index (χ2v) is 4.83. The van der Waals surface area contributed by atoms with Gasteiger partial charge in [-0.3, -0.25) is 9.59 Å². The Bertz CT molecular complexity index is 322. The molecule has 2 aliphatic rings. The highest BCUT2D eigenvalue weighted by molar-refractivity contribution is 5.89. The summed E-state index contributed by atoms with van der Waals surface area (Å²) in [4.78, 5) is 25.1. The summed E-state index contributed by atoms with van der Waals surface area (Å²) in [7, 11) is 1.67. The van der Waals surface area contributed by atoms with E-state index in [2.05, 4.69) is 0 Å². The molecule has 1 aliphatic carbocycles. The fourth-order valence-corrected chi connectivity index (χ4v) is 2.76. The zero-order valence-electron chi connectivity index (χ0n) is 10.4. The van der Waals surface area contributed by atoms with Crippen molar-refractivity contribution in [2.75, 3.05) is 26.8 Å². The van der Waals surface area contributed by atoms with Crippen LogP contribution in [0.4, 0.5) is 0 Å². The molecule has 1 spiro atoms. The molecule has 2 fully saturated rings. The van der Waals surface area contributed by atoms with E-state index in [4.69, 9.17) is 9.47 Å². The van der Waals surface area contributed by atoms with Crippen LogP contribution in [0.25, 0.3) is 0 Å². The summed E-state index contributed by atoms with van der Waals surface area (Å²) in [6.45, 7) is 2.87. The molecule has 0 atom stereocenters. The van der Waals surface area contributed by atoms with Gasteiger partial charge in [-0.25, -0.2) is 0 Å². The van der Waals surface area contributed by atoms with Crippen LogP contribution in [-0.2, 0) is 19.1 Å². The molecular formula is C12H19NO4. The van der Waals surface area contributed by atoms with E-state index in [9.17, 15) is 9.59 Å². The third-order valence-electron chi connectivity index (χ3n) is 3.80. The van der Waals surface area contributed by atoms with Crippen LogP contribution in [0.3, 0.4) is 0 Å². The third-order valence-corrected chi connectivity index (χ3v) is 3.80. The van der Waals surface area contributed by atoms with Crippen LogP contribution in [-0.4, -0.2) is 49.7 Å². The Balaban J connectivity index is 1.88. The summed E-state index contributed by atoms with van der Waals surface area (Å²) in [6, 6.07) is 0. The van der Waals surface area contributed by atoms with Gasteiger partial charge in [-0.15, -0.1) is 0 Å². The molecule has 0 bridgehead atoms. The number of nitrogens with zero attached hydrogens (tertiary/aromatic N) is 1. The van der Waals surface area contributed by atoms with Crippen molar-refractivity contribution in [3.63, 3.8) is 0 Å². The highest BCUT2D eigenvalue weighted by atomic mass is 16.5. The van der Waals surface area contributed by atoms with Crippen molar-refractivity contribution in [1.29, 1.82) is 0 Å². The van der Waals surface area contributed by atoms with Crippen molar-refractivity contribution >= 4 is 11.9 Å². The standard InChI is InChI=1S/C12H19NO4/c1-3-17-10(14)8-13-5-4-12(11(13)15)6-9(7-12)16-2/h9H,3-8H2,1-2H3. The van der Waals surface area contributed by atoms with Gasteiger partial charge >= 0.3 is 5.97 Å². The molecule has 1 amide bonds. The second kappa shape index (κ2) is 4.64. The van der Waals surface area contributed by atoms with Crippen molar-refractivity contribution in [1.82, 2.24) is 4.90 Å². The fourth-order valence-electron chi connectivity index (χ4n) is 2.76. The number of carbonyl (C=O) groups excluding carboxylic acids is 2. The fraction of sp³-hybridized carbons (Fsp3) is 0.833. The Labute approximate surface area is 101 Å². The molecule has 0 unspecified atom stereocenters. The Morgan fingerprint density at radius 1 is 1.53 bits per heavy atom. The third kappa shape index (κ3) is 2.16. The molecule has 0 aromatic rings. The van der Waals surface area contributed by atoms with Crippen LogP contribution in [0.5, 0.6) is 0 Å². The maximum Gasteiger partial charge on any atom is 0.325 e. The topological polar surface area (TPSA) is 55.8 Å². The lowest BCUT2D eigenvalue weighted by molar-refractivity contribution is -0.154. The number of carbonyl (C=O) groups is 2. The normalized spacial score (nSPS) is 31.8. The van der Waals surface area contributed by atoms with Gasteiger partial charge in [0.1, 0.15) is 6.54 Å². The summed E-state index contributed by atoms with van der Waals surface area (Å²) in [5.74, 6) is -0.223. The van der Waals surface area contributed by atoms with Crippen LogP contribution in [0.2, 0.25) is 0 Å². The molecule has 1 saturated heterocycles. The van der Waals surface area contributed by atoms with Gasteiger partial charge in [0, 0.05) is 13.7 Å². The molecule has 2 rings (SSSR count). The summed E-state index contributed by atoms with van der Waals surface area (Å²) < 4.78 is 10.1. The molecule has 0 N–H and O–H groups in total. The van der Waals surface area contributed by atoms with Crippen LogP contribution in [0, 0.1) is 5.41 Å². The van der Waals surface area contributed by atoms with E-state index in [-0.39, 0.29) is 29.9 Å².